The SMILES string of the molecule is COc1ccc(/C(Cl)=C\S(=O)(=O)c2ccccc2)cc1. The predicted molar refractivity (Wildman–Crippen MR) is 80.5 cm³/mol. The first kappa shape index (κ1) is 14.6. The Kier molecular flexibility index (Phi) is 4.47. The number of methoxy groups -OCH3 is 1. The molecule has 0 heterocycles. The van der Waals surface area contributed by atoms with Gasteiger partial charge in [0.05, 0.1) is 22.4 Å². The van der Waals surface area contributed by atoms with Crippen molar-refractivity contribution in [1.29, 1.82) is 0 Å². The molecule has 0 saturated carbocycles. The van der Waals surface area contributed by atoms with E-state index in [2.05, 4.69) is 0 Å². The quantitative estimate of drug-likeness (QED) is 0.865. The summed E-state index contributed by atoms with van der Waals surface area (Å²) in [4.78, 5) is 0.215. The monoisotopic (exact) mass is 308 g/mol. The van der Waals surface area contributed by atoms with Gasteiger partial charge in [-0.1, -0.05) is 29.8 Å². The minimum Gasteiger partial charge on any atom is -0.497 e. The fourth-order valence-electron chi connectivity index (χ4n) is 1.63. The number of halogens is 1. The second kappa shape index (κ2) is 6.11. The third kappa shape index (κ3) is 3.40. The molecule has 0 amide bonds. The average Bonchev–Trinajstić information content (AvgIpc) is 2.48. The standard InChI is InChI=1S/C15H13ClO3S/c1-19-13-9-7-12(8-10-13)15(16)11-20(17,18)14-5-3-2-4-6-14/h2-11H,1H3/b15-11+. The van der Waals surface area contributed by atoms with E-state index in [1.807, 2.05) is 0 Å². The van der Waals surface area contributed by atoms with E-state index >= 15 is 0 Å². The first-order valence-electron chi connectivity index (χ1n) is 5.85. The molecular formula is C15H13ClO3S. The summed E-state index contributed by atoms with van der Waals surface area (Å²) >= 11 is 6.08. The van der Waals surface area contributed by atoms with Crippen molar-refractivity contribution in [2.75, 3.05) is 7.11 Å². The lowest BCUT2D eigenvalue weighted by molar-refractivity contribution is 0.415. The Balaban J connectivity index is 2.34. The summed E-state index contributed by atoms with van der Waals surface area (Å²) in [5.74, 6) is 0.684. The van der Waals surface area contributed by atoms with Crippen molar-refractivity contribution in [2.24, 2.45) is 0 Å². The normalized spacial score (nSPS) is 12.2. The van der Waals surface area contributed by atoms with E-state index in [0.717, 1.165) is 5.41 Å². The zero-order valence-corrected chi connectivity index (χ0v) is 12.4. The molecule has 0 N–H and O–H groups in total. The van der Waals surface area contributed by atoms with Crippen molar-refractivity contribution in [3.05, 3.63) is 65.6 Å². The minimum absolute atomic E-state index is 0.163. The number of sulfone groups is 1. The van der Waals surface area contributed by atoms with Gasteiger partial charge in [-0.2, -0.15) is 0 Å². The lowest BCUT2D eigenvalue weighted by Gasteiger charge is -2.03. The van der Waals surface area contributed by atoms with E-state index in [1.165, 1.54) is 12.1 Å². The maximum absolute atomic E-state index is 12.2. The zero-order chi connectivity index (χ0) is 14.6. The number of hydrogen-bond acceptors (Lipinski definition) is 3. The molecule has 20 heavy (non-hydrogen) atoms. The molecule has 0 saturated heterocycles. The van der Waals surface area contributed by atoms with Crippen LogP contribution in [0.1, 0.15) is 5.56 Å². The van der Waals surface area contributed by atoms with E-state index in [1.54, 1.807) is 49.6 Å². The third-order valence-electron chi connectivity index (χ3n) is 2.70. The summed E-state index contributed by atoms with van der Waals surface area (Å²) in [6.45, 7) is 0. The van der Waals surface area contributed by atoms with Gasteiger partial charge in [-0.05, 0) is 42.0 Å². The van der Waals surface area contributed by atoms with Gasteiger partial charge in [-0.25, -0.2) is 8.42 Å². The van der Waals surface area contributed by atoms with Crippen LogP contribution in [0.15, 0.2) is 64.9 Å². The maximum atomic E-state index is 12.2. The molecule has 2 aromatic rings. The van der Waals surface area contributed by atoms with Crippen molar-refractivity contribution < 1.29 is 13.2 Å². The average molecular weight is 309 g/mol. The molecule has 0 aliphatic heterocycles. The van der Waals surface area contributed by atoms with Gasteiger partial charge >= 0.3 is 0 Å². The molecule has 0 spiro atoms. The van der Waals surface area contributed by atoms with Gasteiger partial charge in [0.15, 0.2) is 0 Å². The van der Waals surface area contributed by atoms with Crippen LogP contribution < -0.4 is 4.74 Å². The summed E-state index contributed by atoms with van der Waals surface area (Å²) < 4.78 is 29.3. The highest BCUT2D eigenvalue weighted by Crippen LogP contribution is 2.24. The van der Waals surface area contributed by atoms with E-state index < -0.39 is 9.84 Å². The Hall–Kier alpha value is -1.78. The second-order valence-corrected chi connectivity index (χ2v) is 6.26. The topological polar surface area (TPSA) is 43.4 Å². The van der Waals surface area contributed by atoms with Gasteiger partial charge in [-0.3, -0.25) is 0 Å². The molecule has 0 fully saturated rings. The molecule has 0 aliphatic rings. The summed E-state index contributed by atoms with van der Waals surface area (Å²) in [5.41, 5.74) is 0.618. The Morgan fingerprint density at radius 3 is 2.20 bits per heavy atom. The molecule has 0 bridgehead atoms. The van der Waals surface area contributed by atoms with Gasteiger partial charge in [0, 0.05) is 0 Å². The van der Waals surface area contributed by atoms with E-state index in [4.69, 9.17) is 16.3 Å². The Labute approximate surface area is 123 Å². The van der Waals surface area contributed by atoms with Crippen LogP contribution in [0.25, 0.3) is 5.03 Å². The molecular weight excluding hydrogens is 296 g/mol. The van der Waals surface area contributed by atoms with Gasteiger partial charge in [0.25, 0.3) is 0 Å². The zero-order valence-electron chi connectivity index (χ0n) is 10.8. The molecule has 3 nitrogen and oxygen atoms in total. The number of benzene rings is 2. The fraction of sp³-hybridized carbons (Fsp3) is 0.0667. The number of ether oxygens (including phenoxy) is 1. The Morgan fingerprint density at radius 2 is 1.65 bits per heavy atom. The van der Waals surface area contributed by atoms with Crippen molar-refractivity contribution in [2.45, 2.75) is 4.90 Å². The highest BCUT2D eigenvalue weighted by Gasteiger charge is 2.12. The van der Waals surface area contributed by atoms with Gasteiger partial charge < -0.3 is 4.74 Å². The molecule has 2 rings (SSSR count). The molecule has 0 radical (unpaired) electrons. The van der Waals surface area contributed by atoms with Crippen LogP contribution in [0, 0.1) is 0 Å². The largest absolute Gasteiger partial charge is 0.497 e. The van der Waals surface area contributed by atoms with Crippen LogP contribution in [0.3, 0.4) is 0 Å². The molecule has 5 heteroatoms. The smallest absolute Gasteiger partial charge is 0.201 e. The van der Waals surface area contributed by atoms with Crippen LogP contribution in [0.4, 0.5) is 0 Å². The summed E-state index contributed by atoms with van der Waals surface area (Å²) in [7, 11) is -1.99. The lowest BCUT2D eigenvalue weighted by Crippen LogP contribution is -1.96. The van der Waals surface area contributed by atoms with Crippen molar-refractivity contribution in [1.82, 2.24) is 0 Å². The molecule has 0 aliphatic carbocycles. The maximum Gasteiger partial charge on any atom is 0.201 e. The number of rotatable bonds is 4. The van der Waals surface area contributed by atoms with Crippen LogP contribution in [-0.4, -0.2) is 15.5 Å². The van der Waals surface area contributed by atoms with E-state index in [9.17, 15) is 8.42 Å². The fourth-order valence-corrected chi connectivity index (χ4v) is 3.19. The van der Waals surface area contributed by atoms with Gasteiger partial charge in [0.1, 0.15) is 5.75 Å². The molecule has 104 valence electrons. The molecule has 0 unspecified atom stereocenters. The lowest BCUT2D eigenvalue weighted by atomic mass is 10.2. The van der Waals surface area contributed by atoms with Crippen LogP contribution >= 0.6 is 11.6 Å². The van der Waals surface area contributed by atoms with Crippen LogP contribution in [0.5, 0.6) is 5.75 Å². The summed E-state index contributed by atoms with van der Waals surface area (Å²) in [6, 6.07) is 15.0. The second-order valence-electron chi connectivity index (χ2n) is 4.05. The Morgan fingerprint density at radius 1 is 1.05 bits per heavy atom. The highest BCUT2D eigenvalue weighted by atomic mass is 35.5. The van der Waals surface area contributed by atoms with E-state index in [-0.39, 0.29) is 9.93 Å². The minimum atomic E-state index is -3.55. The predicted octanol–water partition coefficient (Wildman–Crippen LogP) is 3.71. The third-order valence-corrected chi connectivity index (χ3v) is 4.63. The van der Waals surface area contributed by atoms with Crippen LogP contribution in [0.2, 0.25) is 0 Å². The van der Waals surface area contributed by atoms with Gasteiger partial charge in [-0.15, -0.1) is 0 Å². The molecule has 0 aromatic heterocycles. The van der Waals surface area contributed by atoms with Crippen molar-refractivity contribution >= 4 is 26.5 Å². The van der Waals surface area contributed by atoms with E-state index in [0.29, 0.717) is 11.3 Å². The first-order valence-corrected chi connectivity index (χ1v) is 7.77. The van der Waals surface area contributed by atoms with Crippen molar-refractivity contribution in [3.63, 3.8) is 0 Å². The first-order chi connectivity index (χ1) is 9.53. The van der Waals surface area contributed by atoms with Gasteiger partial charge in [0.2, 0.25) is 9.84 Å². The van der Waals surface area contributed by atoms with Crippen molar-refractivity contribution in [3.8, 4) is 5.75 Å². The Bertz CT molecular complexity index is 705. The number of hydrogen-bond donors (Lipinski definition) is 0. The highest BCUT2D eigenvalue weighted by molar-refractivity contribution is 7.94. The molecule has 2 aromatic carbocycles. The summed E-state index contributed by atoms with van der Waals surface area (Å²) in [6.07, 6.45) is 0. The summed E-state index contributed by atoms with van der Waals surface area (Å²) in [5, 5.41) is 1.22. The van der Waals surface area contributed by atoms with Crippen LogP contribution in [-0.2, 0) is 9.84 Å². The molecule has 0 atom stereocenters.